The third kappa shape index (κ3) is 2.87. The highest BCUT2D eigenvalue weighted by Crippen LogP contribution is 2.37. The highest BCUT2D eigenvalue weighted by atomic mass is 35.5. The SMILES string of the molecule is CC(C)(C)OC(=O)NC1(C(=O)Cl)CC1. The van der Waals surface area contributed by atoms with Crippen LogP contribution in [0.5, 0.6) is 0 Å². The summed E-state index contributed by atoms with van der Waals surface area (Å²) < 4.78 is 5.00. The van der Waals surface area contributed by atoms with Gasteiger partial charge in [-0.15, -0.1) is 0 Å². The molecule has 0 spiro atoms. The predicted octanol–water partition coefficient (Wildman–Crippen LogP) is 1.81. The largest absolute Gasteiger partial charge is 0.444 e. The van der Waals surface area contributed by atoms with Crippen molar-refractivity contribution in [2.24, 2.45) is 0 Å². The van der Waals surface area contributed by atoms with Crippen molar-refractivity contribution >= 4 is 22.9 Å². The fraction of sp³-hybridized carbons (Fsp3) is 0.778. The molecule has 4 nitrogen and oxygen atoms in total. The second-order valence-electron chi connectivity index (χ2n) is 4.48. The van der Waals surface area contributed by atoms with E-state index in [9.17, 15) is 9.59 Å². The summed E-state index contributed by atoms with van der Waals surface area (Å²) in [6, 6.07) is 0. The summed E-state index contributed by atoms with van der Waals surface area (Å²) >= 11 is 5.34. The summed E-state index contributed by atoms with van der Waals surface area (Å²) in [6.45, 7) is 5.28. The van der Waals surface area contributed by atoms with E-state index < -0.39 is 22.5 Å². The minimum absolute atomic E-state index is 0.525. The molecule has 0 aliphatic heterocycles. The van der Waals surface area contributed by atoms with Crippen LogP contribution in [-0.2, 0) is 9.53 Å². The van der Waals surface area contributed by atoms with E-state index in [0.29, 0.717) is 12.8 Å². The number of halogens is 1. The van der Waals surface area contributed by atoms with E-state index >= 15 is 0 Å². The molecule has 1 saturated carbocycles. The number of rotatable bonds is 2. The molecule has 0 aromatic carbocycles. The Bertz CT molecular complexity index is 266. The van der Waals surface area contributed by atoms with Crippen LogP contribution >= 0.6 is 11.6 Å². The van der Waals surface area contributed by atoms with Crippen molar-refractivity contribution in [2.45, 2.75) is 44.8 Å². The van der Waals surface area contributed by atoms with Crippen molar-refractivity contribution in [3.8, 4) is 0 Å². The van der Waals surface area contributed by atoms with E-state index in [0.717, 1.165) is 0 Å². The molecule has 1 aliphatic carbocycles. The zero-order valence-corrected chi connectivity index (χ0v) is 9.27. The number of carbonyl (C=O) groups excluding carboxylic acids is 2. The number of ether oxygens (including phenoxy) is 1. The third-order valence-electron chi connectivity index (χ3n) is 1.87. The lowest BCUT2D eigenvalue weighted by molar-refractivity contribution is -0.114. The van der Waals surface area contributed by atoms with Crippen LogP contribution in [0.25, 0.3) is 0 Å². The number of nitrogens with one attached hydrogen (secondary N) is 1. The minimum Gasteiger partial charge on any atom is -0.444 e. The van der Waals surface area contributed by atoms with Gasteiger partial charge in [0.25, 0.3) is 0 Å². The van der Waals surface area contributed by atoms with Crippen LogP contribution < -0.4 is 5.32 Å². The molecular weight excluding hydrogens is 206 g/mol. The molecule has 5 heteroatoms. The Balaban J connectivity index is 2.46. The van der Waals surface area contributed by atoms with Crippen LogP contribution in [0.15, 0.2) is 0 Å². The van der Waals surface area contributed by atoms with E-state index in [1.807, 2.05) is 0 Å². The van der Waals surface area contributed by atoms with Gasteiger partial charge in [0.15, 0.2) is 0 Å². The molecule has 1 amide bonds. The van der Waals surface area contributed by atoms with Crippen LogP contribution in [0, 0.1) is 0 Å². The van der Waals surface area contributed by atoms with Gasteiger partial charge in [0.05, 0.1) is 0 Å². The van der Waals surface area contributed by atoms with Crippen LogP contribution in [0.2, 0.25) is 0 Å². The standard InChI is InChI=1S/C9H14ClNO3/c1-8(2,3)14-7(13)11-9(4-5-9)6(10)12/h4-5H2,1-3H3,(H,11,13). The van der Waals surface area contributed by atoms with Crippen molar-refractivity contribution in [3.05, 3.63) is 0 Å². The lowest BCUT2D eigenvalue weighted by Crippen LogP contribution is -2.43. The molecule has 1 aliphatic rings. The molecule has 14 heavy (non-hydrogen) atoms. The summed E-state index contributed by atoms with van der Waals surface area (Å²) in [5.41, 5.74) is -1.42. The fourth-order valence-corrected chi connectivity index (χ4v) is 1.23. The lowest BCUT2D eigenvalue weighted by Gasteiger charge is -2.21. The first kappa shape index (κ1) is 11.3. The van der Waals surface area contributed by atoms with Gasteiger partial charge in [0.2, 0.25) is 5.24 Å². The fourth-order valence-electron chi connectivity index (χ4n) is 0.995. The predicted molar refractivity (Wildman–Crippen MR) is 52.2 cm³/mol. The average molecular weight is 220 g/mol. The monoisotopic (exact) mass is 219 g/mol. The Morgan fingerprint density at radius 1 is 1.36 bits per heavy atom. The zero-order chi connectivity index (χ0) is 11.0. The topological polar surface area (TPSA) is 55.4 Å². The Labute approximate surface area is 87.9 Å². The van der Waals surface area contributed by atoms with Gasteiger partial charge in [-0.25, -0.2) is 4.79 Å². The Morgan fingerprint density at radius 3 is 2.14 bits per heavy atom. The van der Waals surface area contributed by atoms with Crippen LogP contribution in [0.1, 0.15) is 33.6 Å². The highest BCUT2D eigenvalue weighted by molar-refractivity contribution is 6.66. The van der Waals surface area contributed by atoms with Gasteiger partial charge < -0.3 is 10.1 Å². The van der Waals surface area contributed by atoms with Crippen molar-refractivity contribution < 1.29 is 14.3 Å². The van der Waals surface area contributed by atoms with Crippen LogP contribution in [-0.4, -0.2) is 22.5 Å². The second kappa shape index (κ2) is 3.42. The van der Waals surface area contributed by atoms with Gasteiger partial charge in [-0.1, -0.05) is 0 Å². The molecule has 1 rings (SSSR count). The summed E-state index contributed by atoms with van der Waals surface area (Å²) in [7, 11) is 0. The van der Waals surface area contributed by atoms with Gasteiger partial charge in [-0.3, -0.25) is 4.79 Å². The molecule has 0 bridgehead atoms. The van der Waals surface area contributed by atoms with Gasteiger partial charge >= 0.3 is 6.09 Å². The zero-order valence-electron chi connectivity index (χ0n) is 8.52. The second-order valence-corrected chi connectivity index (χ2v) is 4.83. The number of hydrogen-bond donors (Lipinski definition) is 1. The van der Waals surface area contributed by atoms with Gasteiger partial charge in [-0.2, -0.15) is 0 Å². The molecule has 1 N–H and O–H groups in total. The maximum absolute atomic E-state index is 11.3. The van der Waals surface area contributed by atoms with Gasteiger partial charge in [-0.05, 0) is 45.2 Å². The average Bonchev–Trinajstić information content (AvgIpc) is 2.63. The van der Waals surface area contributed by atoms with Crippen molar-refractivity contribution in [3.63, 3.8) is 0 Å². The molecule has 0 radical (unpaired) electrons. The maximum Gasteiger partial charge on any atom is 0.408 e. The highest BCUT2D eigenvalue weighted by Gasteiger charge is 2.51. The first-order chi connectivity index (χ1) is 6.25. The first-order valence-corrected chi connectivity index (χ1v) is 4.84. The van der Waals surface area contributed by atoms with E-state index in [4.69, 9.17) is 16.3 Å². The molecule has 0 saturated heterocycles. The number of hydrogen-bond acceptors (Lipinski definition) is 3. The number of amides is 1. The summed E-state index contributed by atoms with van der Waals surface area (Å²) in [4.78, 5) is 22.2. The van der Waals surface area contributed by atoms with Gasteiger partial charge in [0, 0.05) is 0 Å². The third-order valence-corrected chi connectivity index (χ3v) is 2.23. The Hall–Kier alpha value is -0.770. The Kier molecular flexibility index (Phi) is 2.76. The molecule has 1 fully saturated rings. The quantitative estimate of drug-likeness (QED) is 0.721. The molecule has 0 atom stereocenters. The lowest BCUT2D eigenvalue weighted by atomic mass is 10.2. The van der Waals surface area contributed by atoms with E-state index in [1.54, 1.807) is 20.8 Å². The van der Waals surface area contributed by atoms with E-state index in [1.165, 1.54) is 0 Å². The summed E-state index contributed by atoms with van der Waals surface area (Å²) in [5, 5.41) is 1.96. The summed E-state index contributed by atoms with van der Waals surface area (Å²) in [5.74, 6) is 0. The van der Waals surface area contributed by atoms with Crippen molar-refractivity contribution in [1.29, 1.82) is 0 Å². The number of carbonyl (C=O) groups is 2. The molecule has 0 aromatic heterocycles. The molecule has 80 valence electrons. The van der Waals surface area contributed by atoms with Crippen LogP contribution in [0.4, 0.5) is 4.79 Å². The van der Waals surface area contributed by atoms with E-state index in [-0.39, 0.29) is 0 Å². The summed E-state index contributed by atoms with van der Waals surface area (Å²) in [6.07, 6.45) is 0.590. The molecule has 0 heterocycles. The normalized spacial score (nSPS) is 18.6. The molecular formula is C9H14ClNO3. The first-order valence-electron chi connectivity index (χ1n) is 4.46. The maximum atomic E-state index is 11.3. The molecule has 0 aromatic rings. The number of alkyl carbamates (subject to hydrolysis) is 1. The smallest absolute Gasteiger partial charge is 0.408 e. The van der Waals surface area contributed by atoms with Crippen LogP contribution in [0.3, 0.4) is 0 Å². The van der Waals surface area contributed by atoms with Gasteiger partial charge in [0.1, 0.15) is 11.1 Å². The Morgan fingerprint density at radius 2 is 1.86 bits per heavy atom. The molecule has 0 unspecified atom stereocenters. The van der Waals surface area contributed by atoms with E-state index in [2.05, 4.69) is 5.32 Å². The minimum atomic E-state index is -0.857. The van der Waals surface area contributed by atoms with Crippen molar-refractivity contribution in [2.75, 3.05) is 0 Å². The van der Waals surface area contributed by atoms with Crippen molar-refractivity contribution in [1.82, 2.24) is 5.32 Å².